The van der Waals surface area contributed by atoms with E-state index in [0.29, 0.717) is 37.0 Å². The first-order valence-corrected chi connectivity index (χ1v) is 13.7. The van der Waals surface area contributed by atoms with Gasteiger partial charge in [-0.1, -0.05) is 17.4 Å². The number of hydrogen-bond donors (Lipinski definition) is 0. The molecule has 1 aromatic carbocycles. The third-order valence-electron chi connectivity index (χ3n) is 6.07. The van der Waals surface area contributed by atoms with Crippen LogP contribution in [0, 0.1) is 37.3 Å². The van der Waals surface area contributed by atoms with Crippen molar-refractivity contribution in [3.63, 3.8) is 0 Å². The van der Waals surface area contributed by atoms with E-state index in [2.05, 4.69) is 11.1 Å². The van der Waals surface area contributed by atoms with Crippen LogP contribution in [0.5, 0.6) is 5.75 Å². The minimum absolute atomic E-state index is 0.0871. The Morgan fingerprint density at radius 3 is 2.17 bits per heavy atom. The molecule has 0 fully saturated rings. The van der Waals surface area contributed by atoms with E-state index in [1.807, 2.05) is 26.0 Å². The second-order valence-electron chi connectivity index (χ2n) is 11.6. The number of rotatable bonds is 3. The maximum Gasteiger partial charge on any atom is 0.425 e. The van der Waals surface area contributed by atoms with Crippen LogP contribution in [0.3, 0.4) is 0 Å². The van der Waals surface area contributed by atoms with Gasteiger partial charge in [0, 0.05) is 12.5 Å². The number of aromatic nitrogens is 3. The van der Waals surface area contributed by atoms with Gasteiger partial charge in [0.2, 0.25) is 5.01 Å². The van der Waals surface area contributed by atoms with E-state index >= 15 is 0 Å². The summed E-state index contributed by atoms with van der Waals surface area (Å²) >= 11 is 1.26. The summed E-state index contributed by atoms with van der Waals surface area (Å²) in [5, 5.41) is 24.5. The molecule has 2 amide bonds. The molecule has 3 aromatic heterocycles. The quantitative estimate of drug-likeness (QED) is 0.202. The number of carbonyl (C=O) groups is 2. The molecule has 0 atom stereocenters. The standard InChI is InChI=1S/C29H33N5O6S/c1-15-11-12-20(38-10)16(2)21(15)33-22-19(14-32(37)24-23(22)41-17(3)31-24)18(13-30)25(33)34(26(35)39-28(4,5)6)27(36)40-29(7,8)9/h11-12,14H,1-10H3. The van der Waals surface area contributed by atoms with Gasteiger partial charge in [-0.3, -0.25) is 4.57 Å². The summed E-state index contributed by atoms with van der Waals surface area (Å²) in [7, 11) is 1.54. The van der Waals surface area contributed by atoms with E-state index in [1.165, 1.54) is 24.6 Å². The fourth-order valence-corrected chi connectivity index (χ4v) is 5.56. The van der Waals surface area contributed by atoms with Gasteiger partial charge in [0.25, 0.3) is 0 Å². The van der Waals surface area contributed by atoms with Crippen LogP contribution in [0.4, 0.5) is 15.4 Å². The number of hydrogen-bond acceptors (Lipinski definition) is 9. The van der Waals surface area contributed by atoms with Crippen molar-refractivity contribution in [2.24, 2.45) is 0 Å². The number of nitrogens with zero attached hydrogens (tertiary/aromatic N) is 5. The van der Waals surface area contributed by atoms with Gasteiger partial charge in [-0.25, -0.2) is 14.3 Å². The molecular formula is C29H33N5O6S. The molecule has 0 saturated heterocycles. The largest absolute Gasteiger partial charge is 0.710 e. The molecule has 0 bridgehead atoms. The van der Waals surface area contributed by atoms with E-state index in [0.717, 1.165) is 10.5 Å². The zero-order chi connectivity index (χ0) is 30.6. The van der Waals surface area contributed by atoms with Crippen molar-refractivity contribution in [1.82, 2.24) is 9.55 Å². The summed E-state index contributed by atoms with van der Waals surface area (Å²) in [5.74, 6) is 0.425. The smallest absolute Gasteiger partial charge is 0.425 e. The number of methoxy groups -OCH3 is 1. The van der Waals surface area contributed by atoms with Crippen molar-refractivity contribution in [3.05, 3.63) is 45.2 Å². The van der Waals surface area contributed by atoms with E-state index in [-0.39, 0.29) is 22.4 Å². The Balaban J connectivity index is 2.28. The first-order valence-electron chi connectivity index (χ1n) is 12.9. The van der Waals surface area contributed by atoms with Crippen LogP contribution in [0.15, 0.2) is 18.3 Å². The SMILES string of the molecule is COc1ccc(C)c(-n2c(N(C(=O)OC(C)(C)C)C(=O)OC(C)(C)C)c(C#N)c3c[n+]([O-])c4nc(C)sc4c32)c1C. The average molecular weight is 580 g/mol. The lowest BCUT2D eigenvalue weighted by molar-refractivity contribution is -0.577. The Labute approximate surface area is 242 Å². The molecule has 0 N–H and O–H groups in total. The lowest BCUT2D eigenvalue weighted by atomic mass is 10.1. The molecule has 0 spiro atoms. The molecule has 11 nitrogen and oxygen atoms in total. The van der Waals surface area contributed by atoms with Gasteiger partial charge >= 0.3 is 17.8 Å². The second kappa shape index (κ2) is 10.2. The molecule has 41 heavy (non-hydrogen) atoms. The van der Waals surface area contributed by atoms with Gasteiger partial charge in [0.15, 0.2) is 5.82 Å². The van der Waals surface area contributed by atoms with Crippen molar-refractivity contribution in [2.45, 2.75) is 73.5 Å². The minimum atomic E-state index is -1.04. The number of ether oxygens (including phenoxy) is 3. The van der Waals surface area contributed by atoms with Crippen molar-refractivity contribution in [3.8, 4) is 17.5 Å². The van der Waals surface area contributed by atoms with E-state index in [9.17, 15) is 20.1 Å². The lowest BCUT2D eigenvalue weighted by Gasteiger charge is -2.30. The van der Waals surface area contributed by atoms with Gasteiger partial charge in [-0.15, -0.1) is 0 Å². The molecule has 0 saturated carbocycles. The van der Waals surface area contributed by atoms with Crippen molar-refractivity contribution >= 4 is 50.6 Å². The number of anilines is 1. The summed E-state index contributed by atoms with van der Waals surface area (Å²) in [6.45, 7) is 15.5. The molecule has 0 aliphatic heterocycles. The van der Waals surface area contributed by atoms with Gasteiger partial charge in [0.05, 0.1) is 23.7 Å². The Kier molecular flexibility index (Phi) is 7.39. The summed E-state index contributed by atoms with van der Waals surface area (Å²) < 4.78 is 19.6. The minimum Gasteiger partial charge on any atom is -0.710 e. The van der Waals surface area contributed by atoms with Gasteiger partial charge in [-0.2, -0.15) is 10.2 Å². The molecule has 3 heterocycles. The van der Waals surface area contributed by atoms with E-state index in [1.54, 1.807) is 53.0 Å². The molecule has 0 aliphatic carbocycles. The van der Waals surface area contributed by atoms with E-state index in [4.69, 9.17) is 14.2 Å². The molecule has 0 radical (unpaired) electrons. The maximum atomic E-state index is 13.8. The second-order valence-corrected chi connectivity index (χ2v) is 12.8. The molecule has 0 aliphatic rings. The monoisotopic (exact) mass is 579 g/mol. The molecule has 216 valence electrons. The Bertz CT molecular complexity index is 1720. The van der Waals surface area contributed by atoms with Gasteiger partial charge in [0.1, 0.15) is 39.5 Å². The summed E-state index contributed by atoms with van der Waals surface area (Å²) in [4.78, 5) is 32.8. The number of nitriles is 1. The van der Waals surface area contributed by atoms with Crippen LogP contribution in [-0.2, 0) is 9.47 Å². The van der Waals surface area contributed by atoms with Crippen LogP contribution < -0.4 is 14.4 Å². The topological polar surface area (TPSA) is 134 Å². The molecule has 4 aromatic rings. The number of imide groups is 1. The Hall–Kier alpha value is -4.37. The van der Waals surface area contributed by atoms with Crippen LogP contribution in [0.1, 0.15) is 63.2 Å². The fraction of sp³-hybridized carbons (Fsp3) is 0.414. The zero-order valence-electron chi connectivity index (χ0n) is 24.8. The van der Waals surface area contributed by atoms with Crippen LogP contribution in [0.2, 0.25) is 0 Å². The summed E-state index contributed by atoms with van der Waals surface area (Å²) in [5.41, 5.74) is 0.514. The predicted octanol–water partition coefficient (Wildman–Crippen LogP) is 6.36. The third-order valence-corrected chi connectivity index (χ3v) is 7.04. The van der Waals surface area contributed by atoms with Crippen molar-refractivity contribution in [1.29, 1.82) is 5.26 Å². The molecule has 0 unspecified atom stereocenters. The molecule has 12 heteroatoms. The number of aryl methyl sites for hydroxylation is 2. The van der Waals surface area contributed by atoms with Crippen LogP contribution in [0.25, 0.3) is 26.9 Å². The number of benzene rings is 1. The van der Waals surface area contributed by atoms with Gasteiger partial charge in [-0.05, 0) is 72.0 Å². The van der Waals surface area contributed by atoms with Crippen LogP contribution >= 0.6 is 11.3 Å². The Morgan fingerprint density at radius 1 is 1.07 bits per heavy atom. The normalized spacial score (nSPS) is 11.9. The van der Waals surface area contributed by atoms with Crippen LogP contribution in [-0.4, -0.2) is 40.0 Å². The highest BCUT2D eigenvalue weighted by molar-refractivity contribution is 7.19. The highest BCUT2D eigenvalue weighted by Gasteiger charge is 2.40. The van der Waals surface area contributed by atoms with E-state index < -0.39 is 23.4 Å². The zero-order valence-corrected chi connectivity index (χ0v) is 25.6. The number of fused-ring (bicyclic) bond motifs is 3. The number of thiazole rings is 1. The first-order chi connectivity index (χ1) is 19.0. The third kappa shape index (κ3) is 5.37. The molecule has 4 rings (SSSR count). The maximum absolute atomic E-state index is 13.8. The number of carbonyl (C=O) groups excluding carboxylic acids is 2. The van der Waals surface area contributed by atoms with Crippen molar-refractivity contribution < 1.29 is 28.5 Å². The fourth-order valence-electron chi connectivity index (χ4n) is 4.61. The Morgan fingerprint density at radius 2 is 1.66 bits per heavy atom. The molecular weight excluding hydrogens is 546 g/mol. The summed E-state index contributed by atoms with van der Waals surface area (Å²) in [6.07, 6.45) is -0.850. The number of pyridine rings is 1. The number of amides is 2. The predicted molar refractivity (Wildman–Crippen MR) is 156 cm³/mol. The lowest BCUT2D eigenvalue weighted by Crippen LogP contribution is -2.45. The van der Waals surface area contributed by atoms with Gasteiger partial charge < -0.3 is 19.4 Å². The summed E-state index contributed by atoms with van der Waals surface area (Å²) in [6, 6.07) is 5.77. The highest BCUT2D eigenvalue weighted by atomic mass is 32.1. The highest BCUT2D eigenvalue weighted by Crippen LogP contribution is 2.43. The average Bonchev–Trinajstić information content (AvgIpc) is 3.35. The van der Waals surface area contributed by atoms with Crippen molar-refractivity contribution in [2.75, 3.05) is 12.0 Å². The first kappa shape index (κ1) is 29.6.